The topological polar surface area (TPSA) is 55.2 Å². The van der Waals surface area contributed by atoms with Crippen LogP contribution in [-0.4, -0.2) is 15.1 Å². The summed E-state index contributed by atoms with van der Waals surface area (Å²) >= 11 is 3.29. The van der Waals surface area contributed by atoms with Gasteiger partial charge in [0, 0.05) is 6.20 Å². The van der Waals surface area contributed by atoms with E-state index in [-0.39, 0.29) is 6.61 Å². The Morgan fingerprint density at radius 3 is 3.00 bits per heavy atom. The molecule has 0 spiro atoms. The number of halogens is 1. The van der Waals surface area contributed by atoms with E-state index in [0.717, 1.165) is 5.56 Å². The molecule has 5 heteroatoms. The third-order valence-electron chi connectivity index (χ3n) is 1.93. The van der Waals surface area contributed by atoms with Gasteiger partial charge in [-0.25, -0.2) is 9.97 Å². The number of aliphatic hydroxyl groups excluding tert-OH is 1. The number of aromatic nitrogens is 2. The second-order valence-corrected chi connectivity index (χ2v) is 3.94. The summed E-state index contributed by atoms with van der Waals surface area (Å²) < 4.78 is 6.23. The van der Waals surface area contributed by atoms with E-state index >= 15 is 0 Å². The molecular formula is C11H9BrN2O2. The molecule has 4 nitrogen and oxygen atoms in total. The van der Waals surface area contributed by atoms with Crippen LogP contribution >= 0.6 is 15.9 Å². The van der Waals surface area contributed by atoms with Crippen LogP contribution in [-0.2, 0) is 6.61 Å². The molecule has 0 saturated heterocycles. The molecule has 2 rings (SSSR count). The van der Waals surface area contributed by atoms with Crippen molar-refractivity contribution < 1.29 is 9.84 Å². The highest BCUT2D eigenvalue weighted by molar-refractivity contribution is 9.10. The summed E-state index contributed by atoms with van der Waals surface area (Å²) in [6.45, 7) is -0.0118. The Hall–Kier alpha value is -1.46. The molecule has 1 heterocycles. The van der Waals surface area contributed by atoms with Crippen LogP contribution in [0.2, 0.25) is 0 Å². The van der Waals surface area contributed by atoms with Crippen molar-refractivity contribution in [3.05, 3.63) is 46.8 Å². The van der Waals surface area contributed by atoms with Gasteiger partial charge in [-0.15, -0.1) is 0 Å². The maximum atomic E-state index is 8.99. The second kappa shape index (κ2) is 5.05. The lowest BCUT2D eigenvalue weighted by atomic mass is 10.2. The summed E-state index contributed by atoms with van der Waals surface area (Å²) in [6.07, 6.45) is 3.02. The lowest BCUT2D eigenvalue weighted by Crippen LogP contribution is -1.91. The molecule has 0 amide bonds. The predicted molar refractivity (Wildman–Crippen MR) is 62.2 cm³/mol. The Balaban J connectivity index is 2.24. The Morgan fingerprint density at radius 1 is 1.38 bits per heavy atom. The summed E-state index contributed by atoms with van der Waals surface area (Å²) in [6, 6.07) is 7.19. The van der Waals surface area contributed by atoms with Gasteiger partial charge < -0.3 is 9.84 Å². The van der Waals surface area contributed by atoms with Crippen LogP contribution < -0.4 is 4.74 Å². The molecule has 0 unspecified atom stereocenters. The first-order chi connectivity index (χ1) is 7.79. The van der Waals surface area contributed by atoms with Gasteiger partial charge in [-0.1, -0.05) is 12.1 Å². The first kappa shape index (κ1) is 11.0. The molecule has 1 N–H and O–H groups in total. The van der Waals surface area contributed by atoms with Crippen molar-refractivity contribution in [3.8, 4) is 11.6 Å². The van der Waals surface area contributed by atoms with Crippen molar-refractivity contribution in [2.75, 3.05) is 0 Å². The van der Waals surface area contributed by atoms with Gasteiger partial charge in [-0.3, -0.25) is 0 Å². The minimum Gasteiger partial charge on any atom is -0.438 e. The Kier molecular flexibility index (Phi) is 3.48. The zero-order valence-corrected chi connectivity index (χ0v) is 9.89. The van der Waals surface area contributed by atoms with E-state index in [0.29, 0.717) is 16.1 Å². The standard InChI is InChI=1S/C11H9BrN2O2/c12-10-5-13-7-14-11(10)16-9-3-1-2-8(4-9)6-15/h1-5,7,15H,6H2. The number of ether oxygens (including phenoxy) is 1. The van der Waals surface area contributed by atoms with Crippen molar-refractivity contribution in [1.29, 1.82) is 0 Å². The SMILES string of the molecule is OCc1cccc(Oc2ncncc2Br)c1. The van der Waals surface area contributed by atoms with Gasteiger partial charge in [-0.05, 0) is 33.6 Å². The summed E-state index contributed by atoms with van der Waals surface area (Å²) in [5.41, 5.74) is 0.794. The maximum absolute atomic E-state index is 8.99. The van der Waals surface area contributed by atoms with Crippen LogP contribution in [0.1, 0.15) is 5.56 Å². The molecule has 0 atom stereocenters. The van der Waals surface area contributed by atoms with Gasteiger partial charge in [0.15, 0.2) is 0 Å². The van der Waals surface area contributed by atoms with Crippen LogP contribution in [0, 0.1) is 0 Å². The number of aliphatic hydroxyl groups is 1. The average Bonchev–Trinajstić information content (AvgIpc) is 2.32. The van der Waals surface area contributed by atoms with Gasteiger partial charge in [-0.2, -0.15) is 0 Å². The lowest BCUT2D eigenvalue weighted by Gasteiger charge is -2.06. The van der Waals surface area contributed by atoms with Crippen LogP contribution in [0.25, 0.3) is 0 Å². The molecule has 1 aromatic heterocycles. The van der Waals surface area contributed by atoms with Crippen molar-refractivity contribution in [2.24, 2.45) is 0 Å². The summed E-state index contributed by atoms with van der Waals surface area (Å²) in [4.78, 5) is 7.83. The minimum absolute atomic E-state index is 0.0118. The number of hydrogen-bond donors (Lipinski definition) is 1. The zero-order chi connectivity index (χ0) is 11.4. The van der Waals surface area contributed by atoms with Crippen molar-refractivity contribution in [1.82, 2.24) is 9.97 Å². The van der Waals surface area contributed by atoms with Crippen molar-refractivity contribution >= 4 is 15.9 Å². The number of benzene rings is 1. The molecule has 0 aliphatic rings. The second-order valence-electron chi connectivity index (χ2n) is 3.08. The van der Waals surface area contributed by atoms with E-state index < -0.39 is 0 Å². The molecule has 1 aromatic carbocycles. The van der Waals surface area contributed by atoms with E-state index in [1.807, 2.05) is 12.1 Å². The van der Waals surface area contributed by atoms with Gasteiger partial charge in [0.25, 0.3) is 0 Å². The smallest absolute Gasteiger partial charge is 0.236 e. The van der Waals surface area contributed by atoms with Gasteiger partial charge >= 0.3 is 0 Å². The van der Waals surface area contributed by atoms with E-state index in [4.69, 9.17) is 9.84 Å². The number of hydrogen-bond acceptors (Lipinski definition) is 4. The third-order valence-corrected chi connectivity index (χ3v) is 2.47. The highest BCUT2D eigenvalue weighted by Crippen LogP contribution is 2.26. The fraction of sp³-hybridized carbons (Fsp3) is 0.0909. The Labute approximate surface area is 101 Å². The van der Waals surface area contributed by atoms with Crippen LogP contribution in [0.15, 0.2) is 41.3 Å². The monoisotopic (exact) mass is 280 g/mol. The van der Waals surface area contributed by atoms with E-state index in [2.05, 4.69) is 25.9 Å². The van der Waals surface area contributed by atoms with Crippen LogP contribution in [0.3, 0.4) is 0 Å². The highest BCUT2D eigenvalue weighted by Gasteiger charge is 2.04. The lowest BCUT2D eigenvalue weighted by molar-refractivity contribution is 0.281. The normalized spacial score (nSPS) is 10.1. The maximum Gasteiger partial charge on any atom is 0.236 e. The minimum atomic E-state index is -0.0118. The number of rotatable bonds is 3. The summed E-state index contributed by atoms with van der Waals surface area (Å²) in [7, 11) is 0. The number of nitrogens with zero attached hydrogens (tertiary/aromatic N) is 2. The zero-order valence-electron chi connectivity index (χ0n) is 8.30. The first-order valence-electron chi connectivity index (χ1n) is 4.63. The largest absolute Gasteiger partial charge is 0.438 e. The molecule has 82 valence electrons. The first-order valence-corrected chi connectivity index (χ1v) is 5.42. The third kappa shape index (κ3) is 2.56. The van der Waals surface area contributed by atoms with Gasteiger partial charge in [0.2, 0.25) is 5.88 Å². The Morgan fingerprint density at radius 2 is 2.25 bits per heavy atom. The molecule has 0 bridgehead atoms. The average molecular weight is 281 g/mol. The van der Waals surface area contributed by atoms with Crippen molar-refractivity contribution in [2.45, 2.75) is 6.61 Å². The van der Waals surface area contributed by atoms with Crippen LogP contribution in [0.5, 0.6) is 11.6 Å². The molecular weight excluding hydrogens is 272 g/mol. The fourth-order valence-corrected chi connectivity index (χ4v) is 1.50. The summed E-state index contributed by atoms with van der Waals surface area (Å²) in [5, 5.41) is 8.99. The van der Waals surface area contributed by atoms with Crippen LogP contribution in [0.4, 0.5) is 0 Å². The van der Waals surface area contributed by atoms with E-state index in [1.165, 1.54) is 6.33 Å². The highest BCUT2D eigenvalue weighted by atomic mass is 79.9. The molecule has 0 radical (unpaired) electrons. The summed E-state index contributed by atoms with van der Waals surface area (Å²) in [5.74, 6) is 1.08. The molecule has 2 aromatic rings. The predicted octanol–water partition coefficient (Wildman–Crippen LogP) is 2.52. The van der Waals surface area contributed by atoms with E-state index in [9.17, 15) is 0 Å². The fourth-order valence-electron chi connectivity index (χ4n) is 1.20. The molecule has 0 aliphatic carbocycles. The van der Waals surface area contributed by atoms with E-state index in [1.54, 1.807) is 18.3 Å². The quantitative estimate of drug-likeness (QED) is 0.939. The van der Waals surface area contributed by atoms with Gasteiger partial charge in [0.1, 0.15) is 12.1 Å². The Bertz CT molecular complexity index is 491. The molecule has 0 saturated carbocycles. The van der Waals surface area contributed by atoms with Crippen molar-refractivity contribution in [3.63, 3.8) is 0 Å². The molecule has 16 heavy (non-hydrogen) atoms. The molecule has 0 aliphatic heterocycles. The van der Waals surface area contributed by atoms with Gasteiger partial charge in [0.05, 0.1) is 11.1 Å². The molecule has 0 fully saturated rings.